The quantitative estimate of drug-likeness (QED) is 0.165. The lowest BCUT2D eigenvalue weighted by atomic mass is 10.1. The maximum atomic E-state index is 13.0. The molecular weight excluding hydrogens is 474 g/mol. The average Bonchev–Trinajstić information content (AvgIpc) is 3.36. The Morgan fingerprint density at radius 3 is 2.69 bits per heavy atom. The highest BCUT2D eigenvalue weighted by molar-refractivity contribution is 7.98. The van der Waals surface area contributed by atoms with Crippen molar-refractivity contribution in [1.82, 2.24) is 9.97 Å². The largest absolute Gasteiger partial charge is 0.461 e. The number of hydrogen-bond acceptors (Lipinski definition) is 10. The molecule has 0 saturated carbocycles. The van der Waals surface area contributed by atoms with Crippen LogP contribution in [0, 0.1) is 6.92 Å². The molecule has 180 valence electrons. The number of thioether (sulfide) groups is 1. The van der Waals surface area contributed by atoms with Gasteiger partial charge in [-0.15, -0.1) is 11.8 Å². The van der Waals surface area contributed by atoms with Gasteiger partial charge in [-0.05, 0) is 44.4 Å². The van der Waals surface area contributed by atoms with E-state index < -0.39 is 17.7 Å². The third-order valence-corrected chi connectivity index (χ3v) is 5.59. The normalized spacial score (nSPS) is 10.8. The zero-order valence-electron chi connectivity index (χ0n) is 19.1. The molecule has 1 N–H and O–H groups in total. The summed E-state index contributed by atoms with van der Waals surface area (Å²) >= 11 is 1.28. The van der Waals surface area contributed by atoms with Gasteiger partial charge >= 0.3 is 17.7 Å². The van der Waals surface area contributed by atoms with Crippen molar-refractivity contribution in [2.24, 2.45) is 0 Å². The van der Waals surface area contributed by atoms with Crippen LogP contribution < -0.4 is 10.9 Å². The number of aromatic nitrogens is 2. The zero-order valence-corrected chi connectivity index (χ0v) is 19.9. The van der Waals surface area contributed by atoms with Crippen LogP contribution in [0.15, 0.2) is 61.3 Å². The van der Waals surface area contributed by atoms with Gasteiger partial charge in [-0.25, -0.2) is 24.4 Å². The molecule has 0 unspecified atom stereocenters. The molecule has 4 aromatic rings. The molecule has 0 aliphatic heterocycles. The van der Waals surface area contributed by atoms with Gasteiger partial charge in [0.1, 0.15) is 22.8 Å². The Balaban J connectivity index is 1.58. The number of nitrogens with zero attached hydrogens (tertiary/aromatic N) is 2. The van der Waals surface area contributed by atoms with Gasteiger partial charge in [-0.1, -0.05) is 0 Å². The number of benzene rings is 1. The van der Waals surface area contributed by atoms with Crippen LogP contribution in [-0.2, 0) is 16.1 Å². The first-order valence-corrected chi connectivity index (χ1v) is 11.8. The van der Waals surface area contributed by atoms with E-state index in [1.807, 2.05) is 0 Å². The van der Waals surface area contributed by atoms with Crippen LogP contribution in [0.3, 0.4) is 0 Å². The lowest BCUT2D eigenvalue weighted by Crippen LogP contribution is -2.14. The summed E-state index contributed by atoms with van der Waals surface area (Å²) in [6, 6.07) is 9.50. The first kappa shape index (κ1) is 24.0. The number of carbonyl (C=O) groups is 2. The van der Waals surface area contributed by atoms with Gasteiger partial charge in [-0.3, -0.25) is 5.32 Å². The summed E-state index contributed by atoms with van der Waals surface area (Å²) in [7, 11) is 0. The highest BCUT2D eigenvalue weighted by atomic mass is 32.2. The van der Waals surface area contributed by atoms with Gasteiger partial charge in [0.2, 0.25) is 0 Å². The summed E-state index contributed by atoms with van der Waals surface area (Å²) in [4.78, 5) is 45.6. The van der Waals surface area contributed by atoms with Crippen molar-refractivity contribution < 1.29 is 27.9 Å². The molecule has 0 aliphatic carbocycles. The van der Waals surface area contributed by atoms with E-state index in [9.17, 15) is 14.4 Å². The molecule has 0 radical (unpaired) electrons. The number of aryl methyl sites for hydroxylation is 1. The second-order valence-electron chi connectivity index (χ2n) is 7.22. The Labute approximate surface area is 203 Å². The molecule has 3 aromatic heterocycles. The summed E-state index contributed by atoms with van der Waals surface area (Å²) in [5.41, 5.74) is 1.12. The molecule has 4 rings (SSSR count). The highest BCUT2D eigenvalue weighted by Gasteiger charge is 2.22. The first-order chi connectivity index (χ1) is 16.9. The molecule has 3 heterocycles. The summed E-state index contributed by atoms with van der Waals surface area (Å²) in [5.74, 6) is 0.231. The van der Waals surface area contributed by atoms with Crippen LogP contribution in [-0.4, -0.2) is 34.9 Å². The van der Waals surface area contributed by atoms with E-state index in [2.05, 4.69) is 15.3 Å². The molecule has 0 atom stereocenters. The number of rotatable bonds is 7. The minimum Gasteiger partial charge on any atom is -0.461 e. The average molecular weight is 496 g/mol. The molecular formula is C24H21N3O7S. The first-order valence-electron chi connectivity index (χ1n) is 10.5. The van der Waals surface area contributed by atoms with Crippen LogP contribution in [0.2, 0.25) is 0 Å². The third kappa shape index (κ3) is 5.35. The Morgan fingerprint density at radius 1 is 1.14 bits per heavy atom. The number of anilines is 1. The van der Waals surface area contributed by atoms with Crippen molar-refractivity contribution in [3.8, 4) is 11.6 Å². The molecule has 10 nitrogen and oxygen atoms in total. The van der Waals surface area contributed by atoms with Crippen LogP contribution in [0.4, 0.5) is 10.5 Å². The van der Waals surface area contributed by atoms with E-state index in [4.69, 9.17) is 18.3 Å². The number of amides is 1. The van der Waals surface area contributed by atoms with Crippen molar-refractivity contribution in [3.63, 3.8) is 0 Å². The zero-order chi connectivity index (χ0) is 24.9. The van der Waals surface area contributed by atoms with E-state index >= 15 is 0 Å². The van der Waals surface area contributed by atoms with Crippen molar-refractivity contribution in [2.45, 2.75) is 25.5 Å². The molecule has 0 bridgehead atoms. The minimum atomic E-state index is -0.625. The monoisotopic (exact) mass is 495 g/mol. The van der Waals surface area contributed by atoms with E-state index in [0.29, 0.717) is 38.9 Å². The lowest BCUT2D eigenvalue weighted by Gasteiger charge is -2.12. The van der Waals surface area contributed by atoms with Crippen molar-refractivity contribution >= 4 is 40.5 Å². The Hall–Kier alpha value is -4.12. The molecule has 0 aliphatic rings. The van der Waals surface area contributed by atoms with Gasteiger partial charge in [0, 0.05) is 28.8 Å². The molecule has 0 fully saturated rings. The number of ether oxygens (including phenoxy) is 2. The minimum absolute atomic E-state index is 0.182. The molecule has 0 saturated heterocycles. The maximum Gasteiger partial charge on any atom is 0.411 e. The van der Waals surface area contributed by atoms with Gasteiger partial charge in [0.15, 0.2) is 11.6 Å². The lowest BCUT2D eigenvalue weighted by molar-refractivity contribution is 0.0467. The number of nitrogens with one attached hydrogen (secondary N) is 1. The Morgan fingerprint density at radius 2 is 1.97 bits per heavy atom. The standard InChI is InChI=1S/C24H21N3O7S/c1-4-31-24(30)26-15-7-8-16-14(10-19(28)34-18(16)11-15)12-33-23(29)20-13(2)25-21(27-22(20)35-3)17-6-5-9-32-17/h5-11H,4,12H2,1-3H3,(H,26,30). The molecule has 0 spiro atoms. The predicted molar refractivity (Wildman–Crippen MR) is 129 cm³/mol. The summed E-state index contributed by atoms with van der Waals surface area (Å²) < 4.78 is 21.0. The molecule has 1 aromatic carbocycles. The van der Waals surface area contributed by atoms with E-state index in [1.54, 1.807) is 44.4 Å². The smallest absolute Gasteiger partial charge is 0.411 e. The fraction of sp³-hybridized carbons (Fsp3) is 0.208. The highest BCUT2D eigenvalue weighted by Crippen LogP contribution is 2.27. The SMILES string of the molecule is CCOC(=O)Nc1ccc2c(COC(=O)c3c(C)nc(-c4ccco4)nc3SC)cc(=O)oc2c1. The second kappa shape index (κ2) is 10.4. The van der Waals surface area contributed by atoms with Gasteiger partial charge in [0.25, 0.3) is 0 Å². The second-order valence-corrected chi connectivity index (χ2v) is 8.01. The van der Waals surface area contributed by atoms with E-state index in [0.717, 1.165) is 0 Å². The van der Waals surface area contributed by atoms with Crippen LogP contribution >= 0.6 is 11.8 Å². The van der Waals surface area contributed by atoms with Crippen molar-refractivity contribution in [2.75, 3.05) is 18.2 Å². The summed E-state index contributed by atoms with van der Waals surface area (Å²) in [6.45, 7) is 3.42. The third-order valence-electron chi connectivity index (χ3n) is 4.91. The van der Waals surface area contributed by atoms with Gasteiger partial charge in [0.05, 0.1) is 18.6 Å². The van der Waals surface area contributed by atoms with Crippen LogP contribution in [0.5, 0.6) is 0 Å². The Bertz CT molecular complexity index is 1450. The van der Waals surface area contributed by atoms with Crippen LogP contribution in [0.1, 0.15) is 28.5 Å². The number of furan rings is 1. The summed E-state index contributed by atoms with van der Waals surface area (Å²) in [5, 5.41) is 3.55. The van der Waals surface area contributed by atoms with Gasteiger partial charge in [-0.2, -0.15) is 0 Å². The molecule has 1 amide bonds. The number of fused-ring (bicyclic) bond motifs is 1. The number of esters is 1. The Kier molecular flexibility index (Phi) is 7.16. The van der Waals surface area contributed by atoms with E-state index in [-0.39, 0.29) is 24.4 Å². The number of carbonyl (C=O) groups excluding carboxylic acids is 2. The van der Waals surface area contributed by atoms with Crippen LogP contribution in [0.25, 0.3) is 22.6 Å². The van der Waals surface area contributed by atoms with Gasteiger partial charge < -0.3 is 18.3 Å². The maximum absolute atomic E-state index is 13.0. The van der Waals surface area contributed by atoms with Crippen molar-refractivity contribution in [1.29, 1.82) is 0 Å². The fourth-order valence-corrected chi connectivity index (χ4v) is 3.99. The van der Waals surface area contributed by atoms with Crippen molar-refractivity contribution in [3.05, 3.63) is 69.9 Å². The topological polar surface area (TPSA) is 134 Å². The van der Waals surface area contributed by atoms with E-state index in [1.165, 1.54) is 30.2 Å². The molecule has 35 heavy (non-hydrogen) atoms. The number of hydrogen-bond donors (Lipinski definition) is 1. The molecule has 11 heteroatoms. The fourth-order valence-electron chi connectivity index (χ4n) is 3.37. The predicted octanol–water partition coefficient (Wildman–Crippen LogP) is 4.80. The summed E-state index contributed by atoms with van der Waals surface area (Å²) in [6.07, 6.45) is 2.69.